The van der Waals surface area contributed by atoms with Crippen molar-refractivity contribution in [1.82, 2.24) is 0 Å². The summed E-state index contributed by atoms with van der Waals surface area (Å²) in [6, 6.07) is 39.9. The van der Waals surface area contributed by atoms with Gasteiger partial charge in [0, 0.05) is 33.0 Å². The van der Waals surface area contributed by atoms with Gasteiger partial charge in [-0.1, -0.05) is 91.0 Å². The first-order valence-electron chi connectivity index (χ1n) is 12.4. The molecule has 0 atom stereocenters. The van der Waals surface area contributed by atoms with Crippen molar-refractivity contribution in [2.75, 3.05) is 0 Å². The van der Waals surface area contributed by atoms with Gasteiger partial charge in [-0.05, 0) is 52.6 Å². The fraction of sp³-hybridized carbons (Fsp3) is 0.0303. The van der Waals surface area contributed by atoms with E-state index in [0.29, 0.717) is 0 Å². The number of phenolic OH excluding ortho intramolecular Hbond substituents is 1. The van der Waals surface area contributed by atoms with Gasteiger partial charge in [-0.3, -0.25) is 0 Å². The lowest BCUT2D eigenvalue weighted by Gasteiger charge is -2.10. The van der Waals surface area contributed by atoms with Gasteiger partial charge in [0.25, 0.3) is 0 Å². The Morgan fingerprint density at radius 3 is 2.03 bits per heavy atom. The predicted octanol–water partition coefficient (Wildman–Crippen LogP) is 8.30. The Kier molecular flexibility index (Phi) is 6.65. The van der Waals surface area contributed by atoms with Crippen molar-refractivity contribution in [2.24, 2.45) is 0 Å². The Bertz CT molecular complexity index is 1860. The summed E-state index contributed by atoms with van der Waals surface area (Å²) >= 11 is 1.84. The lowest BCUT2D eigenvalue weighted by Crippen LogP contribution is -2.09. The van der Waals surface area contributed by atoms with Crippen molar-refractivity contribution in [3.05, 3.63) is 138 Å². The highest BCUT2D eigenvalue weighted by atomic mass is 32.2. The van der Waals surface area contributed by atoms with E-state index in [1.54, 1.807) is 12.1 Å². The van der Waals surface area contributed by atoms with Gasteiger partial charge in [0.1, 0.15) is 16.4 Å². The highest BCUT2D eigenvalue weighted by molar-refractivity contribution is 7.87. The number of fused-ring (bicyclic) bond motifs is 1. The molecule has 1 N–H and O–H groups in total. The van der Waals surface area contributed by atoms with Gasteiger partial charge in [0.15, 0.2) is 0 Å². The van der Waals surface area contributed by atoms with Crippen molar-refractivity contribution < 1.29 is 17.7 Å². The lowest BCUT2D eigenvalue weighted by molar-refractivity contribution is 0.467. The van der Waals surface area contributed by atoms with Gasteiger partial charge in [-0.25, -0.2) is 0 Å². The number of rotatable bonds is 7. The molecule has 0 fully saturated rings. The summed E-state index contributed by atoms with van der Waals surface area (Å²) in [5.74, 6) is 0.0649. The summed E-state index contributed by atoms with van der Waals surface area (Å²) in [7, 11) is -4.05. The summed E-state index contributed by atoms with van der Waals surface area (Å²) in [6.45, 7) is 0. The molecule has 6 rings (SSSR count). The zero-order valence-electron chi connectivity index (χ0n) is 20.8. The molecule has 0 amide bonds. The van der Waals surface area contributed by atoms with Crippen LogP contribution in [0, 0.1) is 0 Å². The molecule has 192 valence electrons. The molecule has 5 aromatic carbocycles. The zero-order chi connectivity index (χ0) is 26.8. The summed E-state index contributed by atoms with van der Waals surface area (Å²) in [4.78, 5) is 1.24. The Morgan fingerprint density at radius 2 is 1.31 bits per heavy atom. The van der Waals surface area contributed by atoms with Crippen LogP contribution in [-0.4, -0.2) is 13.5 Å². The molecule has 6 aromatic rings. The van der Waals surface area contributed by atoms with Gasteiger partial charge in [0.05, 0.1) is 0 Å². The second kappa shape index (κ2) is 10.4. The number of benzene rings is 5. The van der Waals surface area contributed by atoms with E-state index < -0.39 is 10.1 Å². The molecule has 0 saturated carbocycles. The molecule has 1 aromatic heterocycles. The van der Waals surface area contributed by atoms with E-state index in [0.717, 1.165) is 23.6 Å². The van der Waals surface area contributed by atoms with Crippen LogP contribution in [0.3, 0.4) is 0 Å². The van der Waals surface area contributed by atoms with E-state index in [-0.39, 0.29) is 16.4 Å². The first-order valence-corrected chi connectivity index (χ1v) is 14.7. The van der Waals surface area contributed by atoms with E-state index in [4.69, 9.17) is 4.18 Å². The molecule has 0 spiro atoms. The van der Waals surface area contributed by atoms with Crippen molar-refractivity contribution in [3.8, 4) is 33.8 Å². The minimum Gasteiger partial charge on any atom is -0.508 e. The maximum absolute atomic E-state index is 12.6. The number of hydrogen-bond donors (Lipinski definition) is 1. The molecule has 0 unspecified atom stereocenters. The van der Waals surface area contributed by atoms with Crippen molar-refractivity contribution >= 4 is 31.5 Å². The first kappa shape index (κ1) is 24.9. The highest BCUT2D eigenvalue weighted by Crippen LogP contribution is 2.40. The number of phenols is 1. The van der Waals surface area contributed by atoms with Crippen LogP contribution in [0.15, 0.2) is 132 Å². The third-order valence-corrected chi connectivity index (χ3v) is 8.96. The van der Waals surface area contributed by atoms with Crippen molar-refractivity contribution in [3.63, 3.8) is 0 Å². The second-order valence-electron chi connectivity index (χ2n) is 9.20. The van der Waals surface area contributed by atoms with Gasteiger partial charge in [-0.15, -0.1) is 11.3 Å². The van der Waals surface area contributed by atoms with Crippen LogP contribution < -0.4 is 4.18 Å². The number of aromatic hydroxyl groups is 1. The molecule has 0 aliphatic rings. The minimum absolute atomic E-state index is 0.102. The third kappa shape index (κ3) is 5.30. The zero-order valence-corrected chi connectivity index (χ0v) is 22.5. The quantitative estimate of drug-likeness (QED) is 0.204. The second-order valence-corrected chi connectivity index (χ2v) is 11.9. The summed E-state index contributed by atoms with van der Waals surface area (Å²) in [5, 5.41) is 10.9. The molecular weight excluding hydrogens is 524 g/mol. The summed E-state index contributed by atoms with van der Waals surface area (Å²) in [5.41, 5.74) is 5.69. The van der Waals surface area contributed by atoms with Crippen LogP contribution >= 0.6 is 11.3 Å². The first-order chi connectivity index (χ1) is 19.0. The molecule has 6 heteroatoms. The molecule has 1 heterocycles. The predicted molar refractivity (Wildman–Crippen MR) is 158 cm³/mol. The molecule has 0 aliphatic heterocycles. The van der Waals surface area contributed by atoms with E-state index in [2.05, 4.69) is 72.8 Å². The fourth-order valence-electron chi connectivity index (χ4n) is 4.66. The molecule has 4 nitrogen and oxygen atoms in total. The fourth-order valence-corrected chi connectivity index (χ4v) is 6.90. The van der Waals surface area contributed by atoms with Crippen LogP contribution in [0.1, 0.15) is 10.4 Å². The standard InChI is InChI=1S/C33H24O4S2/c34-27-9-6-10-29(22-27)39(35,36)37-28-19-17-25(18-20-28)24-13-15-26(16-14-24)33-30-11-4-5-12-31(30)38-32(33)21-23-7-2-1-3-8-23/h1-20,22,34H,21H2. The molecular formula is C33H24O4S2. The van der Waals surface area contributed by atoms with E-state index in [1.165, 1.54) is 49.9 Å². The Balaban J connectivity index is 1.26. The van der Waals surface area contributed by atoms with Gasteiger partial charge >= 0.3 is 10.1 Å². The van der Waals surface area contributed by atoms with Crippen molar-refractivity contribution in [2.45, 2.75) is 11.3 Å². The molecule has 0 saturated heterocycles. The van der Waals surface area contributed by atoms with Gasteiger partial charge in [0.2, 0.25) is 0 Å². The van der Waals surface area contributed by atoms with Gasteiger partial charge in [-0.2, -0.15) is 8.42 Å². The van der Waals surface area contributed by atoms with Crippen LogP contribution in [0.2, 0.25) is 0 Å². The molecule has 0 aliphatic carbocycles. The smallest absolute Gasteiger partial charge is 0.339 e. The monoisotopic (exact) mass is 548 g/mol. The summed E-state index contributed by atoms with van der Waals surface area (Å²) in [6.07, 6.45) is 0.879. The molecule has 0 radical (unpaired) electrons. The van der Waals surface area contributed by atoms with Gasteiger partial charge < -0.3 is 9.29 Å². The van der Waals surface area contributed by atoms with Crippen LogP contribution in [0.25, 0.3) is 32.3 Å². The number of thiophene rings is 1. The van der Waals surface area contributed by atoms with E-state index in [1.807, 2.05) is 29.5 Å². The lowest BCUT2D eigenvalue weighted by atomic mass is 9.96. The van der Waals surface area contributed by atoms with Crippen LogP contribution in [0.5, 0.6) is 11.5 Å². The maximum atomic E-state index is 12.6. The van der Waals surface area contributed by atoms with Crippen LogP contribution in [0.4, 0.5) is 0 Å². The normalized spacial score (nSPS) is 11.5. The van der Waals surface area contributed by atoms with Crippen LogP contribution in [-0.2, 0) is 16.5 Å². The summed E-state index contributed by atoms with van der Waals surface area (Å²) < 4.78 is 31.7. The topological polar surface area (TPSA) is 63.6 Å². The highest BCUT2D eigenvalue weighted by Gasteiger charge is 2.18. The minimum atomic E-state index is -4.05. The SMILES string of the molecule is O=S(=O)(Oc1ccc(-c2ccc(-c3c(Cc4ccccc4)sc4ccccc34)cc2)cc1)c1cccc(O)c1. The van der Waals surface area contributed by atoms with E-state index >= 15 is 0 Å². The Labute approximate surface area is 231 Å². The molecule has 39 heavy (non-hydrogen) atoms. The third-order valence-electron chi connectivity index (χ3n) is 6.55. The van der Waals surface area contributed by atoms with Crippen molar-refractivity contribution in [1.29, 1.82) is 0 Å². The molecule has 0 bridgehead atoms. The maximum Gasteiger partial charge on any atom is 0.339 e. The largest absolute Gasteiger partial charge is 0.508 e. The average Bonchev–Trinajstić information content (AvgIpc) is 3.32. The van der Waals surface area contributed by atoms with E-state index in [9.17, 15) is 13.5 Å². The number of hydrogen-bond acceptors (Lipinski definition) is 5. The Hall–Kier alpha value is -4.39. The average molecular weight is 549 g/mol. The Morgan fingerprint density at radius 1 is 0.667 bits per heavy atom.